The van der Waals surface area contributed by atoms with Gasteiger partial charge in [0.2, 0.25) is 0 Å². The van der Waals surface area contributed by atoms with Crippen molar-refractivity contribution in [1.82, 2.24) is 25.9 Å². The number of amides is 1. The second-order valence-corrected chi connectivity index (χ2v) is 2.15. The Labute approximate surface area is 72.6 Å². The molecule has 13 heavy (non-hydrogen) atoms. The minimum Gasteiger partial charge on any atom is -0.465 e. The molecule has 0 spiro atoms. The Kier molecular flexibility index (Phi) is 2.75. The van der Waals surface area contributed by atoms with Crippen molar-refractivity contribution in [2.24, 2.45) is 0 Å². The molecule has 3 N–H and O–H groups in total. The Balaban J connectivity index is 2.69. The molecular weight excluding hydrogens is 176 g/mol. The second-order valence-electron chi connectivity index (χ2n) is 2.15. The van der Waals surface area contributed by atoms with E-state index >= 15 is 0 Å². The van der Waals surface area contributed by atoms with E-state index in [0.29, 0.717) is 0 Å². The minimum absolute atomic E-state index is 0.0246. The van der Waals surface area contributed by atoms with Crippen molar-refractivity contribution in [2.45, 2.75) is 12.5 Å². The van der Waals surface area contributed by atoms with Crippen molar-refractivity contribution < 1.29 is 9.90 Å². The average molecular weight is 182 g/mol. The number of aromatic amines is 1. The van der Waals surface area contributed by atoms with Gasteiger partial charge in [-0.25, -0.2) is 9.89 Å². The predicted octanol–water partition coefficient (Wildman–Crippen LogP) is -0.578. The van der Waals surface area contributed by atoms with E-state index in [9.17, 15) is 4.79 Å². The molecule has 1 unspecified atom stereocenters. The van der Waals surface area contributed by atoms with Crippen molar-refractivity contribution in [2.75, 3.05) is 0 Å². The SMILES string of the molecule is N#CCC(NC(=O)O)c1nnn[nH]1. The summed E-state index contributed by atoms with van der Waals surface area (Å²) in [5.74, 6) is 0.226. The molecular formula is C5H6N6O2. The summed E-state index contributed by atoms with van der Waals surface area (Å²) in [6.07, 6.45) is -1.25. The summed E-state index contributed by atoms with van der Waals surface area (Å²) < 4.78 is 0. The van der Waals surface area contributed by atoms with Crippen LogP contribution in [0.1, 0.15) is 18.3 Å². The van der Waals surface area contributed by atoms with Crippen LogP contribution in [0.25, 0.3) is 0 Å². The number of hydrogen-bond acceptors (Lipinski definition) is 5. The summed E-state index contributed by atoms with van der Waals surface area (Å²) in [5, 5.41) is 31.3. The van der Waals surface area contributed by atoms with Crippen molar-refractivity contribution in [3.05, 3.63) is 5.82 Å². The molecule has 0 aliphatic rings. The highest BCUT2D eigenvalue weighted by atomic mass is 16.4. The molecule has 0 aromatic carbocycles. The number of nitriles is 1. The maximum Gasteiger partial charge on any atom is 0.405 e. The van der Waals surface area contributed by atoms with E-state index in [0.717, 1.165) is 0 Å². The Morgan fingerprint density at radius 2 is 2.62 bits per heavy atom. The van der Waals surface area contributed by atoms with E-state index in [1.54, 1.807) is 0 Å². The lowest BCUT2D eigenvalue weighted by Gasteiger charge is -2.08. The van der Waals surface area contributed by atoms with Crippen LogP contribution in [0.4, 0.5) is 4.79 Å². The third-order valence-electron chi connectivity index (χ3n) is 1.28. The van der Waals surface area contributed by atoms with Crippen LogP contribution in [0.3, 0.4) is 0 Å². The second kappa shape index (κ2) is 4.01. The van der Waals surface area contributed by atoms with Crippen LogP contribution >= 0.6 is 0 Å². The number of carbonyl (C=O) groups is 1. The first-order valence-electron chi connectivity index (χ1n) is 3.34. The molecule has 0 bridgehead atoms. The summed E-state index contributed by atoms with van der Waals surface area (Å²) in [7, 11) is 0. The number of tetrazole rings is 1. The van der Waals surface area contributed by atoms with Crippen LogP contribution in [0.15, 0.2) is 0 Å². The molecule has 0 saturated carbocycles. The van der Waals surface area contributed by atoms with Crippen LogP contribution in [-0.2, 0) is 0 Å². The first-order chi connectivity index (χ1) is 6.24. The Bertz CT molecular complexity index is 314. The molecule has 1 aromatic heterocycles. The first-order valence-corrected chi connectivity index (χ1v) is 3.34. The minimum atomic E-state index is -1.23. The van der Waals surface area contributed by atoms with Gasteiger partial charge < -0.3 is 10.4 Å². The molecule has 1 heterocycles. The molecule has 68 valence electrons. The highest BCUT2D eigenvalue weighted by Crippen LogP contribution is 2.08. The molecule has 1 amide bonds. The Hall–Kier alpha value is -2.17. The number of nitrogens with zero attached hydrogens (tertiary/aromatic N) is 4. The predicted molar refractivity (Wildman–Crippen MR) is 38.3 cm³/mol. The molecule has 0 saturated heterocycles. The van der Waals surface area contributed by atoms with Crippen molar-refractivity contribution in [3.8, 4) is 6.07 Å². The summed E-state index contributed by atoms with van der Waals surface area (Å²) in [6, 6.07) is 1.11. The number of aromatic nitrogens is 4. The van der Waals surface area contributed by atoms with Gasteiger partial charge in [0.15, 0.2) is 5.82 Å². The van der Waals surface area contributed by atoms with Crippen molar-refractivity contribution in [1.29, 1.82) is 5.26 Å². The molecule has 0 aliphatic heterocycles. The van der Waals surface area contributed by atoms with Crippen LogP contribution in [0.5, 0.6) is 0 Å². The van der Waals surface area contributed by atoms with Crippen LogP contribution in [0, 0.1) is 11.3 Å². The normalized spacial score (nSPS) is 11.6. The number of nitrogens with one attached hydrogen (secondary N) is 2. The number of H-pyrrole nitrogens is 1. The highest BCUT2D eigenvalue weighted by molar-refractivity contribution is 5.65. The van der Waals surface area contributed by atoms with E-state index in [1.165, 1.54) is 0 Å². The lowest BCUT2D eigenvalue weighted by Crippen LogP contribution is -2.27. The van der Waals surface area contributed by atoms with Crippen LogP contribution < -0.4 is 5.32 Å². The van der Waals surface area contributed by atoms with Crippen molar-refractivity contribution >= 4 is 6.09 Å². The quantitative estimate of drug-likeness (QED) is 0.573. The van der Waals surface area contributed by atoms with Gasteiger partial charge in [-0.3, -0.25) is 0 Å². The molecule has 8 nitrogen and oxygen atoms in total. The molecule has 0 aliphatic carbocycles. The molecule has 1 rings (SSSR count). The summed E-state index contributed by atoms with van der Waals surface area (Å²) >= 11 is 0. The van der Waals surface area contributed by atoms with Gasteiger partial charge >= 0.3 is 6.09 Å². The van der Waals surface area contributed by atoms with E-state index in [-0.39, 0.29) is 12.2 Å². The van der Waals surface area contributed by atoms with Crippen molar-refractivity contribution in [3.63, 3.8) is 0 Å². The maximum atomic E-state index is 10.3. The van der Waals surface area contributed by atoms with Gasteiger partial charge in [-0.15, -0.1) is 5.10 Å². The average Bonchev–Trinajstić information content (AvgIpc) is 2.54. The monoisotopic (exact) mass is 182 g/mol. The molecule has 1 aromatic rings. The fraction of sp³-hybridized carbons (Fsp3) is 0.400. The zero-order valence-corrected chi connectivity index (χ0v) is 6.43. The zero-order chi connectivity index (χ0) is 9.68. The molecule has 0 fully saturated rings. The van der Waals surface area contributed by atoms with E-state index in [2.05, 4.69) is 25.9 Å². The van der Waals surface area contributed by atoms with E-state index in [4.69, 9.17) is 10.4 Å². The van der Waals surface area contributed by atoms with Crippen LogP contribution in [-0.4, -0.2) is 31.8 Å². The third kappa shape index (κ3) is 2.41. The smallest absolute Gasteiger partial charge is 0.405 e. The summed E-state index contributed by atoms with van der Waals surface area (Å²) in [4.78, 5) is 10.3. The van der Waals surface area contributed by atoms with Crippen LogP contribution in [0.2, 0.25) is 0 Å². The number of hydrogen-bond donors (Lipinski definition) is 3. The molecule has 1 atom stereocenters. The zero-order valence-electron chi connectivity index (χ0n) is 6.43. The summed E-state index contributed by atoms with van der Waals surface area (Å²) in [6.45, 7) is 0. The largest absolute Gasteiger partial charge is 0.465 e. The van der Waals surface area contributed by atoms with Gasteiger partial charge in [0.25, 0.3) is 0 Å². The standard InChI is InChI=1S/C5H6N6O2/c6-2-1-3(7-5(12)13)4-8-10-11-9-4/h3,7H,1H2,(H,12,13)(H,8,9,10,11). The van der Waals surface area contributed by atoms with Gasteiger partial charge in [0.05, 0.1) is 12.5 Å². The van der Waals surface area contributed by atoms with Gasteiger partial charge in [-0.1, -0.05) is 0 Å². The lowest BCUT2D eigenvalue weighted by molar-refractivity contribution is 0.189. The number of rotatable bonds is 3. The third-order valence-corrected chi connectivity index (χ3v) is 1.28. The topological polar surface area (TPSA) is 128 Å². The maximum absolute atomic E-state index is 10.3. The fourth-order valence-electron chi connectivity index (χ4n) is 0.771. The number of carboxylic acid groups (broad SMARTS) is 1. The highest BCUT2D eigenvalue weighted by Gasteiger charge is 2.16. The molecule has 8 heteroatoms. The Morgan fingerprint density at radius 3 is 3.08 bits per heavy atom. The summed E-state index contributed by atoms with van der Waals surface area (Å²) in [5.41, 5.74) is 0. The van der Waals surface area contributed by atoms with E-state index in [1.807, 2.05) is 6.07 Å². The molecule has 0 radical (unpaired) electrons. The lowest BCUT2D eigenvalue weighted by atomic mass is 10.2. The van der Waals surface area contributed by atoms with Gasteiger partial charge in [-0.2, -0.15) is 5.26 Å². The van der Waals surface area contributed by atoms with Gasteiger partial charge in [0.1, 0.15) is 6.04 Å². The van der Waals surface area contributed by atoms with Gasteiger partial charge in [-0.05, 0) is 10.4 Å². The van der Waals surface area contributed by atoms with Gasteiger partial charge in [0, 0.05) is 0 Å². The fourth-order valence-corrected chi connectivity index (χ4v) is 0.771. The first kappa shape index (κ1) is 8.92. The van der Waals surface area contributed by atoms with E-state index < -0.39 is 12.1 Å². The Morgan fingerprint density at radius 1 is 1.85 bits per heavy atom.